The molecule has 3 heteroatoms. The summed E-state index contributed by atoms with van der Waals surface area (Å²) < 4.78 is 4.83. The van der Waals surface area contributed by atoms with Crippen molar-refractivity contribution in [2.75, 3.05) is 13.2 Å². The Morgan fingerprint density at radius 3 is 2.79 bits per heavy atom. The van der Waals surface area contributed by atoms with Crippen LogP contribution in [0.1, 0.15) is 22.8 Å². The number of hydrogen-bond acceptors (Lipinski definition) is 3. The van der Waals surface area contributed by atoms with Crippen molar-refractivity contribution in [2.24, 2.45) is 0 Å². The van der Waals surface area contributed by atoms with Crippen LogP contribution in [0.25, 0.3) is 0 Å². The van der Waals surface area contributed by atoms with E-state index in [1.807, 2.05) is 19.1 Å². The standard InChI is InChI=1S/C11H14O3/c1-2-9-5-3-4-6-10(9)11(13)14-8-7-12/h3-6,12H,2,7-8H2,1H3. The molecule has 0 radical (unpaired) electrons. The number of ether oxygens (including phenoxy) is 1. The molecule has 0 aliphatic rings. The first-order valence-corrected chi connectivity index (χ1v) is 4.65. The van der Waals surface area contributed by atoms with Gasteiger partial charge in [-0.05, 0) is 18.1 Å². The van der Waals surface area contributed by atoms with Crippen LogP contribution in [0.2, 0.25) is 0 Å². The normalized spacial score (nSPS) is 9.86. The monoisotopic (exact) mass is 194 g/mol. The van der Waals surface area contributed by atoms with E-state index in [4.69, 9.17) is 9.84 Å². The van der Waals surface area contributed by atoms with E-state index in [1.54, 1.807) is 12.1 Å². The Morgan fingerprint density at radius 2 is 2.14 bits per heavy atom. The van der Waals surface area contributed by atoms with Gasteiger partial charge in [0, 0.05) is 0 Å². The number of rotatable bonds is 4. The molecule has 0 aromatic heterocycles. The molecule has 1 rings (SSSR count). The number of esters is 1. The quantitative estimate of drug-likeness (QED) is 0.737. The van der Waals surface area contributed by atoms with Crippen molar-refractivity contribution in [1.29, 1.82) is 0 Å². The molecule has 0 spiro atoms. The van der Waals surface area contributed by atoms with E-state index in [1.165, 1.54) is 0 Å². The molecule has 0 aliphatic heterocycles. The van der Waals surface area contributed by atoms with Gasteiger partial charge in [-0.1, -0.05) is 25.1 Å². The molecule has 0 saturated heterocycles. The largest absolute Gasteiger partial charge is 0.460 e. The first kappa shape index (κ1) is 10.7. The first-order chi connectivity index (χ1) is 6.79. The number of aryl methyl sites for hydroxylation is 1. The first-order valence-electron chi connectivity index (χ1n) is 4.65. The molecule has 0 aliphatic carbocycles. The van der Waals surface area contributed by atoms with Gasteiger partial charge >= 0.3 is 5.97 Å². The van der Waals surface area contributed by atoms with Crippen LogP contribution in [-0.4, -0.2) is 24.3 Å². The predicted octanol–water partition coefficient (Wildman–Crippen LogP) is 1.40. The summed E-state index contributed by atoms with van der Waals surface area (Å²) in [5.74, 6) is -0.364. The zero-order chi connectivity index (χ0) is 10.4. The number of carbonyl (C=O) groups is 1. The second-order valence-electron chi connectivity index (χ2n) is 2.87. The maximum absolute atomic E-state index is 11.4. The van der Waals surface area contributed by atoms with Crippen molar-refractivity contribution < 1.29 is 14.6 Å². The van der Waals surface area contributed by atoms with Crippen molar-refractivity contribution in [3.05, 3.63) is 35.4 Å². The van der Waals surface area contributed by atoms with Gasteiger partial charge in [0.05, 0.1) is 12.2 Å². The Hall–Kier alpha value is -1.35. The van der Waals surface area contributed by atoms with Crippen LogP contribution in [0.15, 0.2) is 24.3 Å². The Balaban J connectivity index is 2.78. The average Bonchev–Trinajstić information content (AvgIpc) is 2.25. The maximum atomic E-state index is 11.4. The minimum Gasteiger partial charge on any atom is -0.460 e. The average molecular weight is 194 g/mol. The number of carbonyl (C=O) groups excluding carboxylic acids is 1. The molecule has 0 atom stereocenters. The summed E-state index contributed by atoms with van der Waals surface area (Å²) in [4.78, 5) is 11.4. The van der Waals surface area contributed by atoms with Gasteiger partial charge in [0.15, 0.2) is 0 Å². The molecule has 0 unspecified atom stereocenters. The Kier molecular flexibility index (Phi) is 4.13. The zero-order valence-electron chi connectivity index (χ0n) is 8.19. The van der Waals surface area contributed by atoms with Crippen LogP contribution in [0.4, 0.5) is 0 Å². The summed E-state index contributed by atoms with van der Waals surface area (Å²) in [6, 6.07) is 7.32. The SMILES string of the molecule is CCc1ccccc1C(=O)OCCO. The summed E-state index contributed by atoms with van der Waals surface area (Å²) in [7, 11) is 0. The Morgan fingerprint density at radius 1 is 1.43 bits per heavy atom. The highest BCUT2D eigenvalue weighted by Gasteiger charge is 2.09. The minimum atomic E-state index is -0.364. The van der Waals surface area contributed by atoms with Gasteiger partial charge in [-0.3, -0.25) is 0 Å². The summed E-state index contributed by atoms with van der Waals surface area (Å²) in [5.41, 5.74) is 1.55. The summed E-state index contributed by atoms with van der Waals surface area (Å²) in [6.07, 6.45) is 0.796. The third-order valence-corrected chi connectivity index (χ3v) is 1.94. The third-order valence-electron chi connectivity index (χ3n) is 1.94. The fourth-order valence-electron chi connectivity index (χ4n) is 1.24. The Labute approximate surface area is 83.3 Å². The fraction of sp³-hybridized carbons (Fsp3) is 0.364. The fourth-order valence-corrected chi connectivity index (χ4v) is 1.24. The van der Waals surface area contributed by atoms with Crippen molar-refractivity contribution in [3.8, 4) is 0 Å². The molecule has 1 N–H and O–H groups in total. The maximum Gasteiger partial charge on any atom is 0.338 e. The van der Waals surface area contributed by atoms with E-state index in [0.29, 0.717) is 5.56 Å². The lowest BCUT2D eigenvalue weighted by Gasteiger charge is -2.06. The van der Waals surface area contributed by atoms with Gasteiger partial charge in [-0.25, -0.2) is 4.79 Å². The van der Waals surface area contributed by atoms with Crippen LogP contribution >= 0.6 is 0 Å². The molecule has 0 heterocycles. The van der Waals surface area contributed by atoms with Gasteiger partial charge in [-0.15, -0.1) is 0 Å². The zero-order valence-corrected chi connectivity index (χ0v) is 8.19. The second kappa shape index (κ2) is 5.40. The third kappa shape index (κ3) is 2.57. The van der Waals surface area contributed by atoms with Crippen LogP contribution < -0.4 is 0 Å². The van der Waals surface area contributed by atoms with Gasteiger partial charge < -0.3 is 9.84 Å². The molecule has 0 fully saturated rings. The predicted molar refractivity (Wildman–Crippen MR) is 53.2 cm³/mol. The van der Waals surface area contributed by atoms with Crippen molar-refractivity contribution in [1.82, 2.24) is 0 Å². The number of aliphatic hydroxyl groups excluding tert-OH is 1. The van der Waals surface area contributed by atoms with Crippen LogP contribution in [0.3, 0.4) is 0 Å². The summed E-state index contributed by atoms with van der Waals surface area (Å²) in [6.45, 7) is 1.90. The molecule has 1 aromatic rings. The van der Waals surface area contributed by atoms with Crippen molar-refractivity contribution in [2.45, 2.75) is 13.3 Å². The van der Waals surface area contributed by atoms with E-state index >= 15 is 0 Å². The molecule has 14 heavy (non-hydrogen) atoms. The van der Waals surface area contributed by atoms with E-state index < -0.39 is 0 Å². The number of hydrogen-bond donors (Lipinski definition) is 1. The van der Waals surface area contributed by atoms with Crippen LogP contribution in [0.5, 0.6) is 0 Å². The summed E-state index contributed by atoms with van der Waals surface area (Å²) >= 11 is 0. The smallest absolute Gasteiger partial charge is 0.338 e. The topological polar surface area (TPSA) is 46.5 Å². The molecular formula is C11H14O3. The molecule has 0 amide bonds. The lowest BCUT2D eigenvalue weighted by atomic mass is 10.1. The highest BCUT2D eigenvalue weighted by atomic mass is 16.5. The van der Waals surface area contributed by atoms with Crippen LogP contribution in [-0.2, 0) is 11.2 Å². The second-order valence-corrected chi connectivity index (χ2v) is 2.87. The number of benzene rings is 1. The van der Waals surface area contributed by atoms with E-state index in [9.17, 15) is 4.79 Å². The highest BCUT2D eigenvalue weighted by Crippen LogP contribution is 2.10. The van der Waals surface area contributed by atoms with Crippen molar-refractivity contribution >= 4 is 5.97 Å². The summed E-state index contributed by atoms with van der Waals surface area (Å²) in [5, 5.41) is 8.51. The highest BCUT2D eigenvalue weighted by molar-refractivity contribution is 5.91. The van der Waals surface area contributed by atoms with Gasteiger partial charge in [0.1, 0.15) is 6.61 Å². The molecule has 3 nitrogen and oxygen atoms in total. The molecule has 0 bridgehead atoms. The minimum absolute atomic E-state index is 0.0525. The lowest BCUT2D eigenvalue weighted by molar-refractivity contribution is 0.0432. The van der Waals surface area contributed by atoms with E-state index in [-0.39, 0.29) is 19.2 Å². The van der Waals surface area contributed by atoms with Gasteiger partial charge in [-0.2, -0.15) is 0 Å². The Bertz CT molecular complexity index is 307. The molecular weight excluding hydrogens is 180 g/mol. The van der Waals surface area contributed by atoms with Gasteiger partial charge in [0.25, 0.3) is 0 Å². The molecule has 0 saturated carbocycles. The number of aliphatic hydroxyl groups is 1. The van der Waals surface area contributed by atoms with Gasteiger partial charge in [0.2, 0.25) is 0 Å². The molecule has 76 valence electrons. The molecule has 1 aromatic carbocycles. The van der Waals surface area contributed by atoms with E-state index in [0.717, 1.165) is 12.0 Å². The lowest BCUT2D eigenvalue weighted by Crippen LogP contribution is -2.10. The van der Waals surface area contributed by atoms with Crippen molar-refractivity contribution in [3.63, 3.8) is 0 Å². The van der Waals surface area contributed by atoms with E-state index in [2.05, 4.69) is 0 Å². The van der Waals surface area contributed by atoms with Crippen LogP contribution in [0, 0.1) is 0 Å².